The smallest absolute Gasteiger partial charge is 0.260 e. The number of hydrogen-bond donors (Lipinski definition) is 1. The number of carbonyl (C=O) groups is 1. The molecule has 29 heavy (non-hydrogen) atoms. The van der Waals surface area contributed by atoms with E-state index in [1.54, 1.807) is 18.3 Å². The van der Waals surface area contributed by atoms with E-state index in [4.69, 9.17) is 4.52 Å². The Morgan fingerprint density at radius 1 is 1.24 bits per heavy atom. The number of pyridine rings is 1. The number of rotatable bonds is 5. The normalized spacial score (nSPS) is 11.2. The molecule has 0 atom stereocenters. The zero-order chi connectivity index (χ0) is 20.5. The molecule has 0 saturated heterocycles. The average Bonchev–Trinajstić information content (AvgIpc) is 3.23. The van der Waals surface area contributed by atoms with Gasteiger partial charge in [0.1, 0.15) is 10.8 Å². The second-order valence-electron chi connectivity index (χ2n) is 6.85. The lowest BCUT2D eigenvalue weighted by atomic mass is 10.1. The first-order valence-corrected chi connectivity index (χ1v) is 10.9. The molecule has 1 N–H and O–H groups in total. The maximum atomic E-state index is 12.9. The summed E-state index contributed by atoms with van der Waals surface area (Å²) in [4.78, 5) is 21.9. The van der Waals surface area contributed by atoms with E-state index in [0.29, 0.717) is 21.5 Å². The Morgan fingerprint density at radius 3 is 2.83 bits per heavy atom. The van der Waals surface area contributed by atoms with Gasteiger partial charge in [-0.15, -0.1) is 11.8 Å². The molecule has 3 aromatic heterocycles. The number of aromatic nitrogens is 3. The molecule has 1 aromatic carbocycles. The molecule has 8 heteroatoms. The van der Waals surface area contributed by atoms with Crippen LogP contribution in [-0.4, -0.2) is 21.0 Å². The van der Waals surface area contributed by atoms with Crippen molar-refractivity contribution in [3.63, 3.8) is 0 Å². The largest absolute Gasteiger partial charge is 0.361 e. The molecule has 1 amide bonds. The van der Waals surface area contributed by atoms with Crippen LogP contribution in [-0.2, 0) is 5.75 Å². The first-order valence-electron chi connectivity index (χ1n) is 9.11. The number of thiazole rings is 1. The summed E-state index contributed by atoms with van der Waals surface area (Å²) in [5, 5.41) is 8.17. The standard InChI is InChI=1S/C21H20N4O2S2/c1-11-8-12(2)18-17(9-11)29-21(23-18)24-19(26)15-6-5-7-22-20(15)28-10-16-13(3)25-27-14(16)4/h5-9H,10H2,1-4H3,(H,23,24,26). The minimum absolute atomic E-state index is 0.215. The summed E-state index contributed by atoms with van der Waals surface area (Å²) in [7, 11) is 0. The number of aryl methyl sites for hydroxylation is 4. The van der Waals surface area contributed by atoms with Gasteiger partial charge in [-0.2, -0.15) is 0 Å². The minimum atomic E-state index is -0.215. The number of benzene rings is 1. The number of thioether (sulfide) groups is 1. The van der Waals surface area contributed by atoms with Crippen LogP contribution in [0.5, 0.6) is 0 Å². The van der Waals surface area contributed by atoms with Crippen LogP contribution >= 0.6 is 23.1 Å². The number of fused-ring (bicyclic) bond motifs is 1. The van der Waals surface area contributed by atoms with Crippen molar-refractivity contribution < 1.29 is 9.32 Å². The minimum Gasteiger partial charge on any atom is -0.361 e. The van der Waals surface area contributed by atoms with E-state index in [1.165, 1.54) is 28.7 Å². The number of anilines is 1. The second kappa shape index (κ2) is 7.96. The van der Waals surface area contributed by atoms with Gasteiger partial charge in [0, 0.05) is 17.5 Å². The summed E-state index contributed by atoms with van der Waals surface area (Å²) >= 11 is 2.97. The first-order chi connectivity index (χ1) is 13.9. The highest BCUT2D eigenvalue weighted by Gasteiger charge is 2.17. The molecule has 0 fully saturated rings. The highest BCUT2D eigenvalue weighted by atomic mass is 32.2. The number of amides is 1. The molecule has 0 unspecified atom stereocenters. The SMILES string of the molecule is Cc1cc(C)c2nc(NC(=O)c3cccnc3SCc3c(C)noc3C)sc2c1. The Labute approximate surface area is 176 Å². The molecule has 0 aliphatic rings. The van der Waals surface area contributed by atoms with Crippen LogP contribution in [0.25, 0.3) is 10.2 Å². The Bertz CT molecular complexity index is 1190. The summed E-state index contributed by atoms with van der Waals surface area (Å²) in [5.74, 6) is 1.21. The van der Waals surface area contributed by atoms with Crippen molar-refractivity contribution >= 4 is 44.4 Å². The third-order valence-electron chi connectivity index (χ3n) is 4.60. The molecule has 148 valence electrons. The quantitative estimate of drug-likeness (QED) is 0.429. The first kappa shape index (κ1) is 19.6. The third kappa shape index (κ3) is 4.04. The van der Waals surface area contributed by atoms with Gasteiger partial charge in [0.05, 0.1) is 21.5 Å². The van der Waals surface area contributed by atoms with Crippen LogP contribution < -0.4 is 5.32 Å². The lowest BCUT2D eigenvalue weighted by Crippen LogP contribution is -2.13. The van der Waals surface area contributed by atoms with Gasteiger partial charge >= 0.3 is 0 Å². The van der Waals surface area contributed by atoms with Crippen molar-refractivity contribution in [2.45, 2.75) is 38.5 Å². The van der Waals surface area contributed by atoms with Crippen LogP contribution in [0.3, 0.4) is 0 Å². The van der Waals surface area contributed by atoms with E-state index in [0.717, 1.165) is 32.8 Å². The molecule has 4 rings (SSSR count). The maximum absolute atomic E-state index is 12.9. The van der Waals surface area contributed by atoms with Crippen molar-refractivity contribution in [2.24, 2.45) is 0 Å². The van der Waals surface area contributed by atoms with Crippen LogP contribution in [0.4, 0.5) is 5.13 Å². The zero-order valence-electron chi connectivity index (χ0n) is 16.6. The van der Waals surface area contributed by atoms with E-state index in [9.17, 15) is 4.79 Å². The van der Waals surface area contributed by atoms with E-state index in [-0.39, 0.29) is 5.91 Å². The fourth-order valence-electron chi connectivity index (χ4n) is 3.12. The molecule has 0 saturated carbocycles. The summed E-state index contributed by atoms with van der Waals surface area (Å²) < 4.78 is 6.28. The summed E-state index contributed by atoms with van der Waals surface area (Å²) in [5.41, 5.74) is 5.63. The van der Waals surface area contributed by atoms with Crippen LogP contribution in [0.2, 0.25) is 0 Å². The molecule has 0 aliphatic heterocycles. The third-order valence-corrected chi connectivity index (χ3v) is 6.55. The molecule has 0 spiro atoms. The molecule has 0 aliphatic carbocycles. The van der Waals surface area contributed by atoms with E-state index in [1.807, 2.05) is 20.8 Å². The maximum Gasteiger partial charge on any atom is 0.260 e. The van der Waals surface area contributed by atoms with E-state index >= 15 is 0 Å². The molecular formula is C21H20N4O2S2. The Balaban J connectivity index is 1.56. The molecule has 3 heterocycles. The van der Waals surface area contributed by atoms with Crippen LogP contribution in [0.15, 0.2) is 40.0 Å². The molecule has 0 radical (unpaired) electrons. The highest BCUT2D eigenvalue weighted by molar-refractivity contribution is 7.98. The molecule has 0 bridgehead atoms. The van der Waals surface area contributed by atoms with Gasteiger partial charge in [-0.05, 0) is 57.0 Å². The molecular weight excluding hydrogens is 404 g/mol. The molecule has 4 aromatic rings. The van der Waals surface area contributed by atoms with Gasteiger partial charge in [0.25, 0.3) is 5.91 Å². The Hall–Kier alpha value is -2.71. The van der Waals surface area contributed by atoms with E-state index in [2.05, 4.69) is 39.5 Å². The second-order valence-corrected chi connectivity index (χ2v) is 8.84. The van der Waals surface area contributed by atoms with Gasteiger partial charge in [-0.25, -0.2) is 9.97 Å². The topological polar surface area (TPSA) is 80.9 Å². The highest BCUT2D eigenvalue weighted by Crippen LogP contribution is 2.31. The molecule has 6 nitrogen and oxygen atoms in total. The van der Waals surface area contributed by atoms with Crippen molar-refractivity contribution in [3.05, 3.63) is 64.2 Å². The Morgan fingerprint density at radius 2 is 2.07 bits per heavy atom. The lowest BCUT2D eigenvalue weighted by Gasteiger charge is -2.07. The monoisotopic (exact) mass is 424 g/mol. The van der Waals surface area contributed by atoms with Gasteiger partial charge < -0.3 is 4.52 Å². The number of hydrogen-bond acceptors (Lipinski definition) is 7. The van der Waals surface area contributed by atoms with Crippen LogP contribution in [0, 0.1) is 27.7 Å². The van der Waals surface area contributed by atoms with Crippen molar-refractivity contribution in [1.82, 2.24) is 15.1 Å². The van der Waals surface area contributed by atoms with Gasteiger partial charge in [-0.1, -0.05) is 22.6 Å². The van der Waals surface area contributed by atoms with Crippen molar-refractivity contribution in [2.75, 3.05) is 5.32 Å². The Kier molecular flexibility index (Phi) is 5.38. The van der Waals surface area contributed by atoms with Crippen LogP contribution in [0.1, 0.15) is 38.5 Å². The summed E-state index contributed by atoms with van der Waals surface area (Å²) in [6.45, 7) is 7.89. The van der Waals surface area contributed by atoms with Crippen molar-refractivity contribution in [3.8, 4) is 0 Å². The van der Waals surface area contributed by atoms with Crippen molar-refractivity contribution in [1.29, 1.82) is 0 Å². The van der Waals surface area contributed by atoms with Gasteiger partial charge in [-0.3, -0.25) is 10.1 Å². The summed E-state index contributed by atoms with van der Waals surface area (Å²) in [6, 6.07) is 7.73. The average molecular weight is 425 g/mol. The van der Waals surface area contributed by atoms with E-state index < -0.39 is 0 Å². The number of nitrogens with zero attached hydrogens (tertiary/aromatic N) is 3. The fourth-order valence-corrected chi connectivity index (χ4v) is 5.30. The lowest BCUT2D eigenvalue weighted by molar-refractivity contribution is 0.102. The predicted octanol–water partition coefficient (Wildman–Crippen LogP) is 5.46. The number of carbonyl (C=O) groups excluding carboxylic acids is 1. The fraction of sp³-hybridized carbons (Fsp3) is 0.238. The van der Waals surface area contributed by atoms with Gasteiger partial charge in [0.2, 0.25) is 0 Å². The summed E-state index contributed by atoms with van der Waals surface area (Å²) in [6.07, 6.45) is 1.69. The number of nitrogens with one attached hydrogen (secondary N) is 1. The van der Waals surface area contributed by atoms with Gasteiger partial charge in [0.15, 0.2) is 5.13 Å². The zero-order valence-corrected chi connectivity index (χ0v) is 18.2. The predicted molar refractivity (Wildman–Crippen MR) is 117 cm³/mol.